The molecule has 2 N–H and O–H groups in total. The van der Waals surface area contributed by atoms with Crippen molar-refractivity contribution in [1.29, 1.82) is 0 Å². The molecule has 0 aromatic heterocycles. The fraction of sp³-hybridized carbons (Fsp3) is 0.381. The van der Waals surface area contributed by atoms with Crippen LogP contribution in [0.5, 0.6) is 0 Å². The second-order valence-electron chi connectivity index (χ2n) is 7.19. The van der Waals surface area contributed by atoms with E-state index < -0.39 is 9.84 Å². The zero-order valence-electron chi connectivity index (χ0n) is 15.5. The highest BCUT2D eigenvalue weighted by atomic mass is 32.2. The predicted molar refractivity (Wildman–Crippen MR) is 106 cm³/mol. The van der Waals surface area contributed by atoms with Gasteiger partial charge in [-0.25, -0.2) is 8.42 Å². The van der Waals surface area contributed by atoms with Gasteiger partial charge in [-0.2, -0.15) is 0 Å². The van der Waals surface area contributed by atoms with E-state index >= 15 is 0 Å². The summed E-state index contributed by atoms with van der Waals surface area (Å²) in [6, 6.07) is 15.4. The summed E-state index contributed by atoms with van der Waals surface area (Å²) in [5.41, 5.74) is 7.12. The molecule has 3 rings (SSSR count). The molecule has 0 saturated carbocycles. The molecule has 1 aliphatic heterocycles. The summed E-state index contributed by atoms with van der Waals surface area (Å²) in [5, 5.41) is 0. The minimum Gasteiger partial charge on any atom is -0.334 e. The van der Waals surface area contributed by atoms with Gasteiger partial charge in [0.05, 0.1) is 10.6 Å². The molecular weight excluding hydrogens is 360 g/mol. The molecule has 1 aliphatic rings. The predicted octanol–water partition coefficient (Wildman–Crippen LogP) is 2.86. The summed E-state index contributed by atoms with van der Waals surface area (Å²) >= 11 is 0. The van der Waals surface area contributed by atoms with Crippen molar-refractivity contribution in [3.05, 3.63) is 65.7 Å². The van der Waals surface area contributed by atoms with Gasteiger partial charge in [0.2, 0.25) is 0 Å². The van der Waals surface area contributed by atoms with E-state index in [1.807, 2.05) is 23.1 Å². The van der Waals surface area contributed by atoms with Gasteiger partial charge in [-0.15, -0.1) is 0 Å². The number of rotatable bonds is 5. The maximum absolute atomic E-state index is 12.9. The highest BCUT2D eigenvalue weighted by molar-refractivity contribution is 7.90. The van der Waals surface area contributed by atoms with Crippen LogP contribution >= 0.6 is 0 Å². The maximum atomic E-state index is 12.9. The lowest BCUT2D eigenvalue weighted by molar-refractivity contribution is 0.0532. The molecule has 27 heavy (non-hydrogen) atoms. The fourth-order valence-corrected chi connectivity index (χ4v) is 5.06. The topological polar surface area (TPSA) is 80.5 Å². The number of carbonyl (C=O) groups excluding carboxylic acids is 1. The number of nitrogens with two attached hydrogens (primary N) is 1. The van der Waals surface area contributed by atoms with Crippen molar-refractivity contribution in [3.63, 3.8) is 0 Å². The minimum absolute atomic E-state index is 0.0349. The molecule has 0 spiro atoms. The number of piperidine rings is 1. The molecule has 0 radical (unpaired) electrons. The standard InChI is InChI=1S/C21H26N2O3S/c1-16-6-5-13-23(20(16)14-22)21(24)18-9-11-19(12-10-18)27(25,26)15-17-7-3-2-4-8-17/h2-4,7-12,16,20H,5-6,13-15,22H2,1H3/t16-,20-/m0/s1. The zero-order chi connectivity index (χ0) is 19.4. The van der Waals surface area contributed by atoms with Gasteiger partial charge in [-0.1, -0.05) is 37.3 Å². The third-order valence-corrected chi connectivity index (χ3v) is 6.98. The number of carbonyl (C=O) groups is 1. The Morgan fingerprint density at radius 1 is 1.11 bits per heavy atom. The Hall–Kier alpha value is -2.18. The van der Waals surface area contributed by atoms with Crippen LogP contribution in [0, 0.1) is 5.92 Å². The molecule has 144 valence electrons. The van der Waals surface area contributed by atoms with Crippen molar-refractivity contribution >= 4 is 15.7 Å². The third kappa shape index (κ3) is 4.39. The molecular formula is C21H26N2O3S. The first-order valence-corrected chi connectivity index (χ1v) is 11.0. The highest BCUT2D eigenvalue weighted by Gasteiger charge is 2.31. The number of benzene rings is 2. The molecule has 0 aliphatic carbocycles. The summed E-state index contributed by atoms with van der Waals surface area (Å²) in [6.07, 6.45) is 2.04. The summed E-state index contributed by atoms with van der Waals surface area (Å²) in [5.74, 6) is 0.238. The summed E-state index contributed by atoms with van der Waals surface area (Å²) in [7, 11) is -3.45. The Morgan fingerprint density at radius 3 is 2.41 bits per heavy atom. The number of likely N-dealkylation sites (tertiary alicyclic amines) is 1. The molecule has 5 nitrogen and oxygen atoms in total. The summed E-state index contributed by atoms with van der Waals surface area (Å²) in [4.78, 5) is 14.9. The average molecular weight is 387 g/mol. The SMILES string of the molecule is C[C@H]1CCCN(C(=O)c2ccc(S(=O)(=O)Cc3ccccc3)cc2)[C@H]1CN. The van der Waals surface area contributed by atoms with Crippen molar-refractivity contribution in [2.24, 2.45) is 11.7 Å². The molecule has 0 unspecified atom stereocenters. The van der Waals surface area contributed by atoms with Crippen LogP contribution in [0.1, 0.15) is 35.7 Å². The first-order valence-electron chi connectivity index (χ1n) is 9.30. The van der Waals surface area contributed by atoms with Gasteiger partial charge < -0.3 is 10.6 Å². The van der Waals surface area contributed by atoms with E-state index in [9.17, 15) is 13.2 Å². The van der Waals surface area contributed by atoms with Gasteiger partial charge >= 0.3 is 0 Å². The molecule has 1 heterocycles. The highest BCUT2D eigenvalue weighted by Crippen LogP contribution is 2.25. The molecule has 2 atom stereocenters. The molecule has 2 aromatic carbocycles. The number of hydrogen-bond acceptors (Lipinski definition) is 4. The average Bonchev–Trinajstić information content (AvgIpc) is 2.68. The van der Waals surface area contributed by atoms with Crippen LogP contribution < -0.4 is 5.73 Å². The van der Waals surface area contributed by atoms with Crippen LogP contribution in [0.25, 0.3) is 0 Å². The third-order valence-electron chi connectivity index (χ3n) is 5.28. The number of hydrogen-bond donors (Lipinski definition) is 1. The second-order valence-corrected chi connectivity index (χ2v) is 9.18. The molecule has 1 amide bonds. The lowest BCUT2D eigenvalue weighted by Crippen LogP contribution is -2.51. The first kappa shape index (κ1) is 19.6. The van der Waals surface area contributed by atoms with Gasteiger partial charge in [-0.3, -0.25) is 4.79 Å². The first-order chi connectivity index (χ1) is 12.9. The maximum Gasteiger partial charge on any atom is 0.254 e. The Labute approximate surface area is 161 Å². The van der Waals surface area contributed by atoms with E-state index in [0.29, 0.717) is 24.6 Å². The normalized spacial score (nSPS) is 20.4. The van der Waals surface area contributed by atoms with Crippen LogP contribution in [-0.2, 0) is 15.6 Å². The van der Waals surface area contributed by atoms with Crippen molar-refractivity contribution in [2.45, 2.75) is 36.5 Å². The van der Waals surface area contributed by atoms with Crippen molar-refractivity contribution in [1.82, 2.24) is 4.90 Å². The number of sulfone groups is 1. The van der Waals surface area contributed by atoms with Crippen LogP contribution in [0.2, 0.25) is 0 Å². The summed E-state index contributed by atoms with van der Waals surface area (Å²) < 4.78 is 25.2. The minimum atomic E-state index is -3.45. The van der Waals surface area contributed by atoms with Crippen LogP contribution in [0.15, 0.2) is 59.5 Å². The molecule has 1 saturated heterocycles. The molecule has 1 fully saturated rings. The Bertz CT molecular complexity index is 879. The number of amides is 1. The van der Waals surface area contributed by atoms with Gasteiger partial charge in [0.1, 0.15) is 0 Å². The lowest BCUT2D eigenvalue weighted by atomic mass is 9.90. The van der Waals surface area contributed by atoms with Crippen LogP contribution in [0.4, 0.5) is 0 Å². The van der Waals surface area contributed by atoms with Crippen molar-refractivity contribution in [3.8, 4) is 0 Å². The largest absolute Gasteiger partial charge is 0.334 e. The van der Waals surface area contributed by atoms with E-state index in [-0.39, 0.29) is 22.6 Å². The van der Waals surface area contributed by atoms with Gasteiger partial charge in [0.25, 0.3) is 5.91 Å². The fourth-order valence-electron chi connectivity index (χ4n) is 3.71. The molecule has 0 bridgehead atoms. The van der Waals surface area contributed by atoms with Crippen LogP contribution in [0.3, 0.4) is 0 Å². The molecule has 6 heteroatoms. The Balaban J connectivity index is 1.77. The van der Waals surface area contributed by atoms with E-state index in [0.717, 1.165) is 18.4 Å². The monoisotopic (exact) mass is 386 g/mol. The lowest BCUT2D eigenvalue weighted by Gasteiger charge is -2.39. The van der Waals surface area contributed by atoms with E-state index in [1.54, 1.807) is 24.3 Å². The van der Waals surface area contributed by atoms with Crippen molar-refractivity contribution in [2.75, 3.05) is 13.1 Å². The molecule has 2 aromatic rings. The van der Waals surface area contributed by atoms with E-state index in [4.69, 9.17) is 5.73 Å². The van der Waals surface area contributed by atoms with E-state index in [2.05, 4.69) is 6.92 Å². The van der Waals surface area contributed by atoms with Gasteiger partial charge in [0, 0.05) is 24.7 Å². The Morgan fingerprint density at radius 2 is 1.78 bits per heavy atom. The van der Waals surface area contributed by atoms with Gasteiger partial charge in [0.15, 0.2) is 9.84 Å². The Kier molecular flexibility index (Phi) is 5.97. The van der Waals surface area contributed by atoms with Crippen LogP contribution in [-0.4, -0.2) is 38.4 Å². The zero-order valence-corrected chi connectivity index (χ0v) is 16.4. The van der Waals surface area contributed by atoms with E-state index in [1.165, 1.54) is 12.1 Å². The van der Waals surface area contributed by atoms with Gasteiger partial charge in [-0.05, 0) is 48.6 Å². The second kappa shape index (κ2) is 8.23. The van der Waals surface area contributed by atoms with Crippen molar-refractivity contribution < 1.29 is 13.2 Å². The quantitative estimate of drug-likeness (QED) is 0.857. The smallest absolute Gasteiger partial charge is 0.254 e. The summed E-state index contributed by atoms with van der Waals surface area (Å²) in [6.45, 7) is 3.26. The number of nitrogens with zero attached hydrogens (tertiary/aromatic N) is 1.